The molecule has 2 aromatic rings. The summed E-state index contributed by atoms with van der Waals surface area (Å²) in [7, 11) is 0. The van der Waals surface area contributed by atoms with Crippen molar-refractivity contribution in [2.24, 2.45) is 0 Å². The lowest BCUT2D eigenvalue weighted by atomic mass is 9.83. The van der Waals surface area contributed by atoms with E-state index in [2.05, 4.69) is 96.6 Å². The van der Waals surface area contributed by atoms with Gasteiger partial charge in [0.1, 0.15) is 0 Å². The molecule has 0 amide bonds. The quantitative estimate of drug-likeness (QED) is 0.717. The second-order valence-corrected chi connectivity index (χ2v) is 5.50. The van der Waals surface area contributed by atoms with Crippen LogP contribution in [0.2, 0.25) is 0 Å². The number of hydrogen-bond donors (Lipinski definition) is 0. The summed E-state index contributed by atoms with van der Waals surface area (Å²) in [6.07, 6.45) is 10.6. The third kappa shape index (κ3) is 3.04. The van der Waals surface area contributed by atoms with Crippen LogP contribution in [0.1, 0.15) is 17.0 Å². The molecule has 110 valence electrons. The van der Waals surface area contributed by atoms with Crippen molar-refractivity contribution in [3.05, 3.63) is 109 Å². The lowest BCUT2D eigenvalue weighted by Gasteiger charge is -2.36. The predicted molar refractivity (Wildman–Crippen MR) is 93.7 cm³/mol. The monoisotopic (exact) mass is 287 g/mol. The third-order valence-electron chi connectivity index (χ3n) is 4.08. The van der Waals surface area contributed by atoms with Crippen molar-refractivity contribution in [3.8, 4) is 0 Å². The second kappa shape index (κ2) is 6.95. The molecule has 0 aromatic heterocycles. The van der Waals surface area contributed by atoms with Crippen molar-refractivity contribution in [3.63, 3.8) is 0 Å². The molecular formula is C21H21N. The van der Waals surface area contributed by atoms with Gasteiger partial charge in [-0.2, -0.15) is 0 Å². The Morgan fingerprint density at radius 2 is 1.50 bits per heavy atom. The molecule has 22 heavy (non-hydrogen) atoms. The molecule has 0 N–H and O–H groups in total. The van der Waals surface area contributed by atoms with Crippen LogP contribution in [0.4, 0.5) is 0 Å². The number of hydrogen-bond acceptors (Lipinski definition) is 1. The van der Waals surface area contributed by atoms with E-state index in [1.165, 1.54) is 11.1 Å². The Hall–Kier alpha value is -2.54. The summed E-state index contributed by atoms with van der Waals surface area (Å²) in [5, 5.41) is 0. The normalized spacial score (nSPS) is 17.0. The van der Waals surface area contributed by atoms with E-state index in [-0.39, 0.29) is 0 Å². The van der Waals surface area contributed by atoms with Gasteiger partial charge in [-0.1, -0.05) is 78.9 Å². The van der Waals surface area contributed by atoms with Crippen molar-refractivity contribution < 1.29 is 0 Å². The highest BCUT2D eigenvalue weighted by Crippen LogP contribution is 2.33. The summed E-state index contributed by atoms with van der Waals surface area (Å²) in [5.41, 5.74) is 2.68. The fourth-order valence-corrected chi connectivity index (χ4v) is 3.09. The van der Waals surface area contributed by atoms with Gasteiger partial charge in [-0.15, -0.1) is 6.58 Å². The van der Waals surface area contributed by atoms with Crippen molar-refractivity contribution in [2.45, 2.75) is 12.0 Å². The Labute approximate surface area is 132 Å². The third-order valence-corrected chi connectivity index (χ3v) is 4.08. The Morgan fingerprint density at radius 3 is 2.05 bits per heavy atom. The molecule has 1 unspecified atom stereocenters. The van der Waals surface area contributed by atoms with E-state index in [1.54, 1.807) is 0 Å². The molecule has 1 atom stereocenters. The number of rotatable bonds is 5. The second-order valence-electron chi connectivity index (χ2n) is 5.50. The van der Waals surface area contributed by atoms with Gasteiger partial charge in [0.05, 0.1) is 6.04 Å². The number of allylic oxidation sites excluding steroid dienone is 2. The highest BCUT2D eigenvalue weighted by molar-refractivity contribution is 5.37. The molecule has 1 aliphatic heterocycles. The topological polar surface area (TPSA) is 3.24 Å². The summed E-state index contributed by atoms with van der Waals surface area (Å²) in [6, 6.07) is 21.8. The summed E-state index contributed by atoms with van der Waals surface area (Å²) >= 11 is 0. The minimum atomic E-state index is 0.299. The minimum absolute atomic E-state index is 0.299. The van der Waals surface area contributed by atoms with E-state index in [4.69, 9.17) is 0 Å². The van der Waals surface area contributed by atoms with Gasteiger partial charge >= 0.3 is 0 Å². The molecule has 0 saturated carbocycles. The van der Waals surface area contributed by atoms with Crippen LogP contribution >= 0.6 is 0 Å². The first kappa shape index (κ1) is 14.4. The van der Waals surface area contributed by atoms with Crippen LogP contribution in [0.25, 0.3) is 0 Å². The highest BCUT2D eigenvalue weighted by atomic mass is 15.1. The fraction of sp³-hybridized carbons (Fsp3) is 0.143. The van der Waals surface area contributed by atoms with Crippen LogP contribution in [-0.2, 0) is 0 Å². The standard InChI is InChI=1S/C21H21N/c1-2-16-22-17-10-9-15-20(22)21(18-11-5-3-6-12-18)19-13-7-4-8-14-19/h2-15,17,20-21H,1,16H2. The average molecular weight is 287 g/mol. The van der Waals surface area contributed by atoms with Gasteiger partial charge in [-0.05, 0) is 23.4 Å². The van der Waals surface area contributed by atoms with Crippen molar-refractivity contribution in [1.29, 1.82) is 0 Å². The van der Waals surface area contributed by atoms with Crippen LogP contribution in [0.5, 0.6) is 0 Å². The molecule has 0 bridgehead atoms. The van der Waals surface area contributed by atoms with Crippen molar-refractivity contribution in [2.75, 3.05) is 6.54 Å². The van der Waals surface area contributed by atoms with Gasteiger partial charge in [0.15, 0.2) is 0 Å². The maximum atomic E-state index is 3.89. The first-order chi connectivity index (χ1) is 10.9. The maximum Gasteiger partial charge on any atom is 0.0583 e. The van der Waals surface area contributed by atoms with Gasteiger partial charge in [0.2, 0.25) is 0 Å². The molecule has 2 aromatic carbocycles. The van der Waals surface area contributed by atoms with E-state index in [0.29, 0.717) is 12.0 Å². The zero-order chi connectivity index (χ0) is 15.2. The van der Waals surface area contributed by atoms with Crippen LogP contribution < -0.4 is 0 Å². The van der Waals surface area contributed by atoms with E-state index in [0.717, 1.165) is 6.54 Å². The first-order valence-corrected chi connectivity index (χ1v) is 7.71. The largest absolute Gasteiger partial charge is 0.366 e. The lowest BCUT2D eigenvalue weighted by molar-refractivity contribution is 0.322. The Kier molecular flexibility index (Phi) is 4.55. The molecule has 1 aliphatic rings. The number of benzene rings is 2. The summed E-state index contributed by atoms with van der Waals surface area (Å²) in [5.74, 6) is 0.309. The molecule has 0 fully saturated rings. The predicted octanol–water partition coefficient (Wildman–Crippen LogP) is 4.76. The summed E-state index contributed by atoms with van der Waals surface area (Å²) < 4.78 is 0. The summed E-state index contributed by atoms with van der Waals surface area (Å²) in [4.78, 5) is 2.34. The average Bonchev–Trinajstić information content (AvgIpc) is 2.59. The van der Waals surface area contributed by atoms with Crippen LogP contribution in [0, 0.1) is 0 Å². The minimum Gasteiger partial charge on any atom is -0.366 e. The molecule has 1 heteroatoms. The van der Waals surface area contributed by atoms with Gasteiger partial charge in [0, 0.05) is 12.5 Å². The smallest absolute Gasteiger partial charge is 0.0583 e. The molecule has 0 radical (unpaired) electrons. The Balaban J connectivity index is 2.03. The van der Waals surface area contributed by atoms with Crippen molar-refractivity contribution >= 4 is 0 Å². The molecule has 0 aliphatic carbocycles. The fourth-order valence-electron chi connectivity index (χ4n) is 3.09. The van der Waals surface area contributed by atoms with Gasteiger partial charge in [-0.25, -0.2) is 0 Å². The lowest BCUT2D eigenvalue weighted by Crippen LogP contribution is -2.36. The van der Waals surface area contributed by atoms with Crippen LogP contribution in [-0.4, -0.2) is 17.5 Å². The van der Waals surface area contributed by atoms with Crippen LogP contribution in [0.15, 0.2) is 97.7 Å². The van der Waals surface area contributed by atoms with Gasteiger partial charge < -0.3 is 4.90 Å². The van der Waals surface area contributed by atoms with E-state index in [1.807, 2.05) is 6.08 Å². The molecular weight excluding hydrogens is 266 g/mol. The van der Waals surface area contributed by atoms with E-state index >= 15 is 0 Å². The summed E-state index contributed by atoms with van der Waals surface area (Å²) in [6.45, 7) is 4.74. The van der Waals surface area contributed by atoms with Crippen LogP contribution in [0.3, 0.4) is 0 Å². The zero-order valence-corrected chi connectivity index (χ0v) is 12.7. The number of nitrogens with zero attached hydrogens (tertiary/aromatic N) is 1. The van der Waals surface area contributed by atoms with Crippen molar-refractivity contribution in [1.82, 2.24) is 4.90 Å². The molecule has 1 heterocycles. The maximum absolute atomic E-state index is 3.89. The van der Waals surface area contributed by atoms with E-state index < -0.39 is 0 Å². The van der Waals surface area contributed by atoms with Gasteiger partial charge in [0.25, 0.3) is 0 Å². The Morgan fingerprint density at radius 1 is 0.909 bits per heavy atom. The van der Waals surface area contributed by atoms with Gasteiger partial charge in [-0.3, -0.25) is 0 Å². The van der Waals surface area contributed by atoms with E-state index in [9.17, 15) is 0 Å². The molecule has 3 rings (SSSR count). The Bertz CT molecular complexity index is 615. The highest BCUT2D eigenvalue weighted by Gasteiger charge is 2.27. The SMILES string of the molecule is C=CCN1C=CC=CC1C(c1ccccc1)c1ccccc1. The molecule has 1 nitrogen and oxygen atoms in total. The zero-order valence-electron chi connectivity index (χ0n) is 12.7. The molecule has 0 saturated heterocycles. The first-order valence-electron chi connectivity index (χ1n) is 7.71. The molecule has 0 spiro atoms.